The Balaban J connectivity index is 3.22. The predicted molar refractivity (Wildman–Crippen MR) is 69.6 cm³/mol. The van der Waals surface area contributed by atoms with E-state index in [9.17, 15) is 17.6 Å². The van der Waals surface area contributed by atoms with E-state index in [1.54, 1.807) is 6.92 Å². The highest BCUT2D eigenvalue weighted by Gasteiger charge is 2.27. The van der Waals surface area contributed by atoms with Crippen molar-refractivity contribution in [3.8, 4) is 0 Å². The lowest BCUT2D eigenvalue weighted by Gasteiger charge is -2.23. The van der Waals surface area contributed by atoms with Gasteiger partial charge >= 0.3 is 5.97 Å². The standard InChI is InChI=1S/C12H16FNO5S/c1-8(7-19-3)14(2)20(17,18)9-4-5-11(13)10(6-9)12(15)16/h4-6,8H,7H2,1-3H3,(H,15,16). The molecule has 1 atom stereocenters. The average Bonchev–Trinajstić information content (AvgIpc) is 2.37. The number of halogens is 1. The van der Waals surface area contributed by atoms with E-state index in [-0.39, 0.29) is 11.5 Å². The fraction of sp³-hybridized carbons (Fsp3) is 0.417. The number of rotatable bonds is 6. The monoisotopic (exact) mass is 305 g/mol. The zero-order chi connectivity index (χ0) is 15.5. The molecule has 0 fully saturated rings. The Morgan fingerprint density at radius 2 is 2.10 bits per heavy atom. The maximum absolute atomic E-state index is 13.3. The Morgan fingerprint density at radius 1 is 1.50 bits per heavy atom. The third-order valence-electron chi connectivity index (χ3n) is 2.87. The summed E-state index contributed by atoms with van der Waals surface area (Å²) in [5.41, 5.74) is -0.682. The molecule has 1 unspecified atom stereocenters. The number of nitrogens with zero attached hydrogens (tertiary/aromatic N) is 1. The van der Waals surface area contributed by atoms with Crippen molar-refractivity contribution in [2.75, 3.05) is 20.8 Å². The molecule has 112 valence electrons. The van der Waals surface area contributed by atoms with Crippen LogP contribution in [0.2, 0.25) is 0 Å². The third kappa shape index (κ3) is 3.33. The summed E-state index contributed by atoms with van der Waals surface area (Å²) < 4.78 is 43.8. The zero-order valence-corrected chi connectivity index (χ0v) is 12.1. The normalized spacial score (nSPS) is 13.4. The lowest BCUT2D eigenvalue weighted by Crippen LogP contribution is -2.37. The molecular weight excluding hydrogens is 289 g/mol. The van der Waals surface area contributed by atoms with Gasteiger partial charge in [-0.15, -0.1) is 0 Å². The van der Waals surface area contributed by atoms with Gasteiger partial charge in [-0.05, 0) is 25.1 Å². The number of carbonyl (C=O) groups is 1. The minimum Gasteiger partial charge on any atom is -0.478 e. The van der Waals surface area contributed by atoms with Gasteiger partial charge in [-0.2, -0.15) is 4.31 Å². The Bertz CT molecular complexity index is 602. The van der Waals surface area contributed by atoms with Crippen LogP contribution in [0.5, 0.6) is 0 Å². The van der Waals surface area contributed by atoms with Crippen LogP contribution >= 0.6 is 0 Å². The first-order valence-electron chi connectivity index (χ1n) is 5.71. The van der Waals surface area contributed by atoms with Crippen molar-refractivity contribution in [3.05, 3.63) is 29.6 Å². The molecule has 1 aromatic carbocycles. The molecule has 0 saturated carbocycles. The fourth-order valence-electron chi connectivity index (χ4n) is 1.58. The molecule has 0 saturated heterocycles. The van der Waals surface area contributed by atoms with E-state index in [1.165, 1.54) is 14.2 Å². The molecule has 6 nitrogen and oxygen atoms in total. The molecule has 20 heavy (non-hydrogen) atoms. The molecular formula is C12H16FNO5S. The Hall–Kier alpha value is -1.51. The second kappa shape index (κ2) is 6.29. The highest BCUT2D eigenvalue weighted by atomic mass is 32.2. The highest BCUT2D eigenvalue weighted by molar-refractivity contribution is 7.89. The van der Waals surface area contributed by atoms with Gasteiger partial charge < -0.3 is 9.84 Å². The van der Waals surface area contributed by atoms with E-state index in [0.717, 1.165) is 22.5 Å². The number of carboxylic acids is 1. The van der Waals surface area contributed by atoms with Crippen LogP contribution < -0.4 is 0 Å². The number of aromatic carboxylic acids is 1. The van der Waals surface area contributed by atoms with Gasteiger partial charge in [0.25, 0.3) is 0 Å². The number of benzene rings is 1. The molecule has 0 aliphatic carbocycles. The lowest BCUT2D eigenvalue weighted by atomic mass is 10.2. The zero-order valence-electron chi connectivity index (χ0n) is 11.3. The minimum absolute atomic E-state index is 0.183. The Morgan fingerprint density at radius 3 is 2.60 bits per heavy atom. The summed E-state index contributed by atoms with van der Waals surface area (Å²) in [7, 11) is -1.12. The van der Waals surface area contributed by atoms with E-state index in [1.807, 2.05) is 0 Å². The molecule has 8 heteroatoms. The second-order valence-electron chi connectivity index (χ2n) is 4.27. The van der Waals surface area contributed by atoms with Crippen molar-refractivity contribution >= 4 is 16.0 Å². The maximum atomic E-state index is 13.3. The number of sulfonamides is 1. The van der Waals surface area contributed by atoms with Gasteiger partial charge in [0.2, 0.25) is 10.0 Å². The molecule has 1 N–H and O–H groups in total. The second-order valence-corrected chi connectivity index (χ2v) is 6.27. The third-order valence-corrected chi connectivity index (χ3v) is 4.84. The molecule has 0 spiro atoms. The van der Waals surface area contributed by atoms with Gasteiger partial charge in [-0.1, -0.05) is 0 Å². The van der Waals surface area contributed by atoms with Gasteiger partial charge in [0.15, 0.2) is 0 Å². The summed E-state index contributed by atoms with van der Waals surface area (Å²) in [5.74, 6) is -2.50. The van der Waals surface area contributed by atoms with E-state index in [4.69, 9.17) is 9.84 Å². The molecule has 0 aliphatic heterocycles. The van der Waals surface area contributed by atoms with Gasteiger partial charge in [0, 0.05) is 20.2 Å². The van der Waals surface area contributed by atoms with E-state index >= 15 is 0 Å². The van der Waals surface area contributed by atoms with Crippen LogP contribution in [0, 0.1) is 5.82 Å². The summed E-state index contributed by atoms with van der Waals surface area (Å²) in [4.78, 5) is 10.6. The van der Waals surface area contributed by atoms with Crippen molar-refractivity contribution in [1.82, 2.24) is 4.31 Å². The molecule has 0 heterocycles. The van der Waals surface area contributed by atoms with E-state index < -0.39 is 33.4 Å². The number of methoxy groups -OCH3 is 1. The van der Waals surface area contributed by atoms with Crippen molar-refractivity contribution in [1.29, 1.82) is 0 Å². The van der Waals surface area contributed by atoms with E-state index in [0.29, 0.717) is 0 Å². The Kier molecular flexibility index (Phi) is 5.21. The molecule has 0 aromatic heterocycles. The minimum atomic E-state index is -3.91. The van der Waals surface area contributed by atoms with Crippen molar-refractivity contribution < 1.29 is 27.4 Å². The Labute approximate surface area is 116 Å². The molecule has 0 radical (unpaired) electrons. The van der Waals surface area contributed by atoms with Crippen LogP contribution in [0.4, 0.5) is 4.39 Å². The predicted octanol–water partition coefficient (Wildman–Crippen LogP) is 1.18. The quantitative estimate of drug-likeness (QED) is 0.853. The average molecular weight is 305 g/mol. The number of hydrogen-bond acceptors (Lipinski definition) is 4. The molecule has 1 aromatic rings. The van der Waals surface area contributed by atoms with Crippen molar-refractivity contribution in [2.45, 2.75) is 17.9 Å². The number of carboxylic acid groups (broad SMARTS) is 1. The number of likely N-dealkylation sites (N-methyl/N-ethyl adjacent to an activating group) is 1. The number of ether oxygens (including phenoxy) is 1. The summed E-state index contributed by atoms with van der Waals surface area (Å²) in [6.07, 6.45) is 0. The van der Waals surface area contributed by atoms with Crippen LogP contribution in [0.1, 0.15) is 17.3 Å². The maximum Gasteiger partial charge on any atom is 0.338 e. The molecule has 0 amide bonds. The number of hydrogen-bond donors (Lipinski definition) is 1. The first kappa shape index (κ1) is 16.5. The summed E-state index contributed by atoms with van der Waals surface area (Å²) in [5, 5.41) is 8.82. The van der Waals surface area contributed by atoms with Crippen LogP contribution in [0.25, 0.3) is 0 Å². The van der Waals surface area contributed by atoms with Crippen molar-refractivity contribution in [2.24, 2.45) is 0 Å². The van der Waals surface area contributed by atoms with Gasteiger partial charge in [0.05, 0.1) is 17.1 Å². The molecule has 0 aliphatic rings. The van der Waals surface area contributed by atoms with E-state index in [2.05, 4.69) is 0 Å². The largest absolute Gasteiger partial charge is 0.478 e. The first-order chi connectivity index (χ1) is 9.21. The van der Waals surface area contributed by atoms with Crippen LogP contribution in [0.15, 0.2) is 23.1 Å². The van der Waals surface area contributed by atoms with Gasteiger partial charge in [-0.3, -0.25) is 0 Å². The first-order valence-corrected chi connectivity index (χ1v) is 7.15. The lowest BCUT2D eigenvalue weighted by molar-refractivity contribution is 0.0691. The fourth-order valence-corrected chi connectivity index (χ4v) is 2.95. The van der Waals surface area contributed by atoms with Gasteiger partial charge in [-0.25, -0.2) is 17.6 Å². The molecule has 1 rings (SSSR count). The van der Waals surface area contributed by atoms with Crippen LogP contribution in [-0.4, -0.2) is 50.6 Å². The van der Waals surface area contributed by atoms with Crippen LogP contribution in [-0.2, 0) is 14.8 Å². The summed E-state index contributed by atoms with van der Waals surface area (Å²) in [6, 6.07) is 2.23. The smallest absolute Gasteiger partial charge is 0.338 e. The summed E-state index contributed by atoms with van der Waals surface area (Å²) in [6.45, 7) is 1.82. The topological polar surface area (TPSA) is 83.9 Å². The molecule has 0 bridgehead atoms. The van der Waals surface area contributed by atoms with Crippen LogP contribution in [0.3, 0.4) is 0 Å². The SMILES string of the molecule is COCC(C)N(C)S(=O)(=O)c1ccc(F)c(C(=O)O)c1. The highest BCUT2D eigenvalue weighted by Crippen LogP contribution is 2.20. The summed E-state index contributed by atoms with van der Waals surface area (Å²) >= 11 is 0. The van der Waals surface area contributed by atoms with Gasteiger partial charge in [0.1, 0.15) is 5.82 Å². The van der Waals surface area contributed by atoms with Crippen molar-refractivity contribution in [3.63, 3.8) is 0 Å².